The summed E-state index contributed by atoms with van der Waals surface area (Å²) in [6.45, 7) is -0.511. The van der Waals surface area contributed by atoms with Crippen LogP contribution in [0, 0.1) is 0 Å². The Morgan fingerprint density at radius 3 is 2.71 bits per heavy atom. The third-order valence-corrected chi connectivity index (χ3v) is 7.32. The van der Waals surface area contributed by atoms with Gasteiger partial charge < -0.3 is 25.4 Å². The Morgan fingerprint density at radius 1 is 1.35 bits per heavy atom. The van der Waals surface area contributed by atoms with Crippen LogP contribution in [0.3, 0.4) is 0 Å². The van der Waals surface area contributed by atoms with Gasteiger partial charge in [-0.1, -0.05) is 28.6 Å². The molecule has 184 valence electrons. The molecule has 15 heteroatoms. The molecule has 1 aromatic carbocycles. The number of aliphatic hydroxyl groups excluding tert-OH is 2. The number of ether oxygens (including phenoxy) is 2. The first-order valence-corrected chi connectivity index (χ1v) is 11.9. The molecule has 4 N–H and O–H groups in total. The Labute approximate surface area is 204 Å². The number of aliphatic hydroxyl groups is 2. The van der Waals surface area contributed by atoms with Crippen LogP contribution in [0.1, 0.15) is 11.6 Å². The number of aromatic nitrogens is 4. The number of hydrogen-bond acceptors (Lipinski definition) is 10. The first-order valence-electron chi connectivity index (χ1n) is 9.76. The zero-order valence-corrected chi connectivity index (χ0v) is 19.8. The lowest BCUT2D eigenvalue weighted by Crippen LogP contribution is -2.55. The molecule has 0 saturated carbocycles. The van der Waals surface area contributed by atoms with Gasteiger partial charge in [0.25, 0.3) is 0 Å². The molecule has 5 atom stereocenters. The van der Waals surface area contributed by atoms with Gasteiger partial charge in [-0.2, -0.15) is 13.2 Å². The van der Waals surface area contributed by atoms with Crippen molar-refractivity contribution in [3.63, 3.8) is 0 Å². The molecule has 0 amide bonds. The molecular weight excluding hydrogens is 519 g/mol. The van der Waals surface area contributed by atoms with Crippen LogP contribution < -0.4 is 5.73 Å². The molecule has 1 aliphatic rings. The molecule has 0 radical (unpaired) electrons. The van der Waals surface area contributed by atoms with Crippen molar-refractivity contribution in [3.05, 3.63) is 40.4 Å². The highest BCUT2D eigenvalue weighted by Crippen LogP contribution is 2.42. The fraction of sp³-hybridized carbons (Fsp3) is 0.421. The van der Waals surface area contributed by atoms with Crippen molar-refractivity contribution in [2.24, 2.45) is 0 Å². The molecule has 3 heterocycles. The molecule has 34 heavy (non-hydrogen) atoms. The summed E-state index contributed by atoms with van der Waals surface area (Å²) in [6.07, 6.45) is -6.08. The van der Waals surface area contributed by atoms with Gasteiger partial charge in [0.15, 0.2) is 5.13 Å². The Morgan fingerprint density at radius 2 is 2.12 bits per heavy atom. The molecule has 1 aliphatic heterocycles. The van der Waals surface area contributed by atoms with E-state index in [1.165, 1.54) is 35.3 Å². The minimum Gasteiger partial charge on any atom is -0.394 e. The number of benzene rings is 1. The zero-order chi connectivity index (χ0) is 24.6. The first kappa shape index (κ1) is 25.2. The van der Waals surface area contributed by atoms with Crippen molar-refractivity contribution in [2.45, 2.75) is 40.9 Å². The van der Waals surface area contributed by atoms with Crippen LogP contribution in [0.25, 0.3) is 11.4 Å². The highest BCUT2D eigenvalue weighted by atomic mass is 35.5. The summed E-state index contributed by atoms with van der Waals surface area (Å²) in [5.41, 5.74) is 4.82. The predicted molar refractivity (Wildman–Crippen MR) is 119 cm³/mol. The van der Waals surface area contributed by atoms with Crippen molar-refractivity contribution < 1.29 is 32.9 Å². The Hall–Kier alpha value is -1.94. The number of thiazole rings is 1. The van der Waals surface area contributed by atoms with Gasteiger partial charge in [0.1, 0.15) is 41.2 Å². The van der Waals surface area contributed by atoms with E-state index >= 15 is 0 Å². The average Bonchev–Trinajstić information content (AvgIpc) is 3.42. The van der Waals surface area contributed by atoms with Crippen LogP contribution in [0.4, 0.5) is 18.3 Å². The summed E-state index contributed by atoms with van der Waals surface area (Å²) in [6, 6.07) is 2.49. The number of methoxy groups -OCH3 is 1. The Balaban J connectivity index is 1.63. The van der Waals surface area contributed by atoms with Gasteiger partial charge in [0.2, 0.25) is 0 Å². The second kappa shape index (κ2) is 9.97. The quantitative estimate of drug-likeness (QED) is 0.434. The van der Waals surface area contributed by atoms with Crippen LogP contribution in [0.15, 0.2) is 34.7 Å². The molecule has 1 saturated heterocycles. The van der Waals surface area contributed by atoms with E-state index < -0.39 is 53.2 Å². The monoisotopic (exact) mass is 537 g/mol. The lowest BCUT2D eigenvalue weighted by molar-refractivity contribution is -0.186. The van der Waals surface area contributed by atoms with E-state index in [1.807, 2.05) is 0 Å². The average molecular weight is 538 g/mol. The van der Waals surface area contributed by atoms with Crippen molar-refractivity contribution in [2.75, 3.05) is 19.5 Å². The van der Waals surface area contributed by atoms with Crippen LogP contribution in [0.2, 0.25) is 5.02 Å². The zero-order valence-electron chi connectivity index (χ0n) is 17.4. The highest BCUT2D eigenvalue weighted by Gasteiger charge is 2.47. The van der Waals surface area contributed by atoms with Crippen molar-refractivity contribution in [3.8, 4) is 11.4 Å². The Bertz CT molecular complexity index is 1150. The summed E-state index contributed by atoms with van der Waals surface area (Å²) in [5.74, 6) is 0. The van der Waals surface area contributed by atoms with E-state index in [1.54, 1.807) is 11.6 Å². The number of halogens is 4. The number of nitrogens with two attached hydrogens (primary N) is 1. The van der Waals surface area contributed by atoms with Crippen molar-refractivity contribution >= 4 is 39.8 Å². The maximum atomic E-state index is 13.0. The molecule has 2 aromatic heterocycles. The molecule has 9 nitrogen and oxygen atoms in total. The van der Waals surface area contributed by atoms with Gasteiger partial charge in [0.05, 0.1) is 23.4 Å². The molecule has 0 aliphatic carbocycles. The number of hydrogen-bond donors (Lipinski definition) is 3. The van der Waals surface area contributed by atoms with Crippen molar-refractivity contribution in [1.82, 2.24) is 20.0 Å². The number of anilines is 1. The third kappa shape index (κ3) is 5.03. The lowest BCUT2D eigenvalue weighted by atomic mass is 9.97. The number of alkyl halides is 3. The van der Waals surface area contributed by atoms with Gasteiger partial charge in [-0.05, 0) is 18.2 Å². The maximum Gasteiger partial charge on any atom is 0.417 e. The molecule has 0 spiro atoms. The molecular formula is C19H19ClF3N5O4S2. The molecule has 0 bridgehead atoms. The van der Waals surface area contributed by atoms with E-state index in [0.29, 0.717) is 21.4 Å². The summed E-state index contributed by atoms with van der Waals surface area (Å²) in [5, 5.41) is 30.4. The van der Waals surface area contributed by atoms with Gasteiger partial charge >= 0.3 is 6.18 Å². The first-order chi connectivity index (χ1) is 16.1. The molecule has 4 rings (SSSR count). The third-order valence-electron chi connectivity index (χ3n) is 5.20. The maximum absolute atomic E-state index is 13.0. The largest absolute Gasteiger partial charge is 0.417 e. The number of nitrogen functional groups attached to an aromatic ring is 1. The van der Waals surface area contributed by atoms with Crippen LogP contribution in [-0.4, -0.2) is 67.7 Å². The topological polar surface area (TPSA) is 129 Å². The second-order valence-corrected chi connectivity index (χ2v) is 9.79. The fourth-order valence-corrected chi connectivity index (χ4v) is 5.70. The smallest absolute Gasteiger partial charge is 0.394 e. The van der Waals surface area contributed by atoms with Crippen LogP contribution in [0.5, 0.6) is 0 Å². The Kier molecular flexibility index (Phi) is 7.38. The summed E-state index contributed by atoms with van der Waals surface area (Å²) in [7, 11) is 1.40. The summed E-state index contributed by atoms with van der Waals surface area (Å²) < 4.78 is 52.0. The van der Waals surface area contributed by atoms with E-state index in [2.05, 4.69) is 15.3 Å². The standard InChI is InChI=1S/C19H19ClF3N5O4S2/c1-31-16-14(28-5-11(26-27-28)12-7-33-18(24)25-12)15(30)13(6-29)32-17(16)34-8-2-3-9(10(20)4-8)19(21,22)23/h2-5,7,13-17,29-30H,6H2,1H3,(H2,24,25). The van der Waals surface area contributed by atoms with Gasteiger partial charge in [-0.25, -0.2) is 9.67 Å². The van der Waals surface area contributed by atoms with E-state index in [-0.39, 0.29) is 0 Å². The molecule has 1 fully saturated rings. The second-order valence-electron chi connectivity index (χ2n) is 7.32. The lowest BCUT2D eigenvalue weighted by Gasteiger charge is -2.43. The van der Waals surface area contributed by atoms with Gasteiger partial charge in [-0.3, -0.25) is 0 Å². The minimum atomic E-state index is -4.58. The normalized spacial score (nSPS) is 25.6. The minimum absolute atomic E-state index is 0.359. The van der Waals surface area contributed by atoms with Crippen LogP contribution >= 0.6 is 34.7 Å². The van der Waals surface area contributed by atoms with Crippen molar-refractivity contribution in [1.29, 1.82) is 0 Å². The van der Waals surface area contributed by atoms with Gasteiger partial charge in [-0.15, -0.1) is 16.4 Å². The summed E-state index contributed by atoms with van der Waals surface area (Å²) in [4.78, 5) is 4.54. The predicted octanol–water partition coefficient (Wildman–Crippen LogP) is 3.08. The van der Waals surface area contributed by atoms with E-state index in [9.17, 15) is 23.4 Å². The number of nitrogens with zero attached hydrogens (tertiary/aromatic N) is 4. The molecule has 3 aromatic rings. The van der Waals surface area contributed by atoms with E-state index in [0.717, 1.165) is 17.8 Å². The summed E-state index contributed by atoms with van der Waals surface area (Å²) >= 11 is 8.13. The fourth-order valence-electron chi connectivity index (χ4n) is 3.59. The SMILES string of the molecule is COC1C(Sc2ccc(C(F)(F)F)c(Cl)c2)OC(CO)C(O)C1n1cc(-c2csc(N)n2)nn1. The van der Waals surface area contributed by atoms with Crippen LogP contribution in [-0.2, 0) is 15.7 Å². The van der Waals surface area contributed by atoms with Gasteiger partial charge in [0, 0.05) is 17.4 Å². The molecule has 5 unspecified atom stereocenters. The highest BCUT2D eigenvalue weighted by molar-refractivity contribution is 7.99. The number of rotatable bonds is 6. The van der Waals surface area contributed by atoms with E-state index in [4.69, 9.17) is 26.8 Å². The number of thioether (sulfide) groups is 1.